The molecule has 4 rings (SSSR count). The summed E-state index contributed by atoms with van der Waals surface area (Å²) in [6.07, 6.45) is 3.18. The molecule has 6 nitrogen and oxygen atoms in total. The second kappa shape index (κ2) is 6.96. The van der Waals surface area contributed by atoms with Crippen LogP contribution in [0.3, 0.4) is 0 Å². The molecular formula is C19H24N4O2. The second-order valence-corrected chi connectivity index (χ2v) is 7.03. The lowest BCUT2D eigenvalue weighted by Gasteiger charge is -2.36. The normalized spacial score (nSPS) is 22.4. The summed E-state index contributed by atoms with van der Waals surface area (Å²) in [6.45, 7) is 5.45. The van der Waals surface area contributed by atoms with Gasteiger partial charge in [-0.15, -0.1) is 10.2 Å². The zero-order valence-corrected chi connectivity index (χ0v) is 14.6. The molecule has 2 aliphatic rings. The average molecular weight is 340 g/mol. The fraction of sp³-hybridized carbons (Fsp3) is 0.526. The van der Waals surface area contributed by atoms with Gasteiger partial charge < -0.3 is 9.32 Å². The van der Waals surface area contributed by atoms with E-state index in [1.165, 1.54) is 0 Å². The van der Waals surface area contributed by atoms with Crippen LogP contribution in [0.2, 0.25) is 0 Å². The van der Waals surface area contributed by atoms with Crippen molar-refractivity contribution in [2.24, 2.45) is 0 Å². The third-order valence-corrected chi connectivity index (χ3v) is 5.46. The lowest BCUT2D eigenvalue weighted by molar-refractivity contribution is -0.130. The Morgan fingerprint density at radius 3 is 2.56 bits per heavy atom. The van der Waals surface area contributed by atoms with Crippen LogP contribution in [0.1, 0.15) is 38.0 Å². The van der Waals surface area contributed by atoms with Crippen LogP contribution in [0.15, 0.2) is 34.7 Å². The molecule has 2 aromatic rings. The highest BCUT2D eigenvalue weighted by Gasteiger charge is 2.34. The summed E-state index contributed by atoms with van der Waals surface area (Å²) in [4.78, 5) is 16.0. The van der Waals surface area contributed by atoms with Crippen molar-refractivity contribution >= 4 is 5.91 Å². The van der Waals surface area contributed by atoms with Crippen LogP contribution in [0.4, 0.5) is 0 Å². The van der Waals surface area contributed by atoms with Crippen LogP contribution in [0.5, 0.6) is 0 Å². The molecule has 6 heteroatoms. The molecule has 0 saturated carbocycles. The van der Waals surface area contributed by atoms with Gasteiger partial charge in [-0.2, -0.15) is 0 Å². The Morgan fingerprint density at radius 1 is 1.08 bits per heavy atom. The first-order valence-electron chi connectivity index (χ1n) is 9.09. The van der Waals surface area contributed by atoms with Crippen LogP contribution in [0.25, 0.3) is 11.5 Å². The Bertz CT molecular complexity index is 722. The SMILES string of the molecule is CC(=O)N1CCC(N2CC[C@H](c3nnc(-c4ccccc4)o3)C2)CC1. The highest BCUT2D eigenvalue weighted by atomic mass is 16.4. The number of hydrogen-bond donors (Lipinski definition) is 0. The van der Waals surface area contributed by atoms with Crippen molar-refractivity contribution in [3.05, 3.63) is 36.2 Å². The van der Waals surface area contributed by atoms with E-state index in [2.05, 4.69) is 15.1 Å². The van der Waals surface area contributed by atoms with Crippen LogP contribution >= 0.6 is 0 Å². The molecule has 0 radical (unpaired) electrons. The molecular weight excluding hydrogens is 316 g/mol. The summed E-state index contributed by atoms with van der Waals surface area (Å²) in [7, 11) is 0. The molecule has 0 bridgehead atoms. The smallest absolute Gasteiger partial charge is 0.247 e. The molecule has 0 unspecified atom stereocenters. The topological polar surface area (TPSA) is 62.5 Å². The van der Waals surface area contributed by atoms with Crippen molar-refractivity contribution in [1.82, 2.24) is 20.0 Å². The zero-order chi connectivity index (χ0) is 17.2. The molecule has 0 aliphatic carbocycles. The predicted octanol–water partition coefficient (Wildman–Crippen LogP) is 2.54. The average Bonchev–Trinajstić information content (AvgIpc) is 3.32. The number of likely N-dealkylation sites (tertiary alicyclic amines) is 2. The summed E-state index contributed by atoms with van der Waals surface area (Å²) in [5.74, 6) is 1.86. The summed E-state index contributed by atoms with van der Waals surface area (Å²) in [5, 5.41) is 8.51. The van der Waals surface area contributed by atoms with E-state index >= 15 is 0 Å². The number of rotatable bonds is 3. The minimum Gasteiger partial charge on any atom is -0.420 e. The van der Waals surface area contributed by atoms with E-state index in [0.29, 0.717) is 17.9 Å². The van der Waals surface area contributed by atoms with Gasteiger partial charge in [-0.25, -0.2) is 0 Å². The number of benzene rings is 1. The van der Waals surface area contributed by atoms with Gasteiger partial charge in [0, 0.05) is 38.2 Å². The van der Waals surface area contributed by atoms with Crippen LogP contribution < -0.4 is 0 Å². The number of piperidine rings is 1. The van der Waals surface area contributed by atoms with Crippen molar-refractivity contribution in [2.75, 3.05) is 26.2 Å². The molecule has 1 aromatic carbocycles. The Morgan fingerprint density at radius 2 is 1.84 bits per heavy atom. The Labute approximate surface area is 147 Å². The first-order chi connectivity index (χ1) is 12.2. The largest absolute Gasteiger partial charge is 0.420 e. The summed E-state index contributed by atoms with van der Waals surface area (Å²) in [5.41, 5.74) is 0.965. The van der Waals surface area contributed by atoms with E-state index < -0.39 is 0 Å². The van der Waals surface area contributed by atoms with Gasteiger partial charge in [-0.05, 0) is 37.9 Å². The van der Waals surface area contributed by atoms with E-state index in [-0.39, 0.29) is 5.91 Å². The van der Waals surface area contributed by atoms with Crippen LogP contribution in [-0.2, 0) is 4.79 Å². The van der Waals surface area contributed by atoms with Gasteiger partial charge in [0.05, 0.1) is 5.92 Å². The van der Waals surface area contributed by atoms with E-state index in [1.54, 1.807) is 6.92 Å². The molecule has 2 fully saturated rings. The van der Waals surface area contributed by atoms with Crippen molar-refractivity contribution in [2.45, 2.75) is 38.1 Å². The van der Waals surface area contributed by atoms with Crippen molar-refractivity contribution < 1.29 is 9.21 Å². The number of amides is 1. The van der Waals surface area contributed by atoms with E-state index in [4.69, 9.17) is 4.42 Å². The maximum absolute atomic E-state index is 11.5. The van der Waals surface area contributed by atoms with Gasteiger partial charge in [-0.1, -0.05) is 18.2 Å². The summed E-state index contributed by atoms with van der Waals surface area (Å²) >= 11 is 0. The maximum Gasteiger partial charge on any atom is 0.247 e. The first kappa shape index (κ1) is 16.3. The minimum atomic E-state index is 0.192. The summed E-state index contributed by atoms with van der Waals surface area (Å²) in [6, 6.07) is 10.5. The Kier molecular flexibility index (Phi) is 4.53. The van der Waals surface area contributed by atoms with E-state index in [1.807, 2.05) is 35.2 Å². The minimum absolute atomic E-state index is 0.192. The fourth-order valence-electron chi connectivity index (χ4n) is 3.96. The molecule has 1 atom stereocenters. The van der Waals surface area contributed by atoms with Crippen molar-refractivity contribution in [1.29, 1.82) is 0 Å². The highest BCUT2D eigenvalue weighted by Crippen LogP contribution is 2.31. The molecule has 2 saturated heterocycles. The summed E-state index contributed by atoms with van der Waals surface area (Å²) < 4.78 is 5.94. The Balaban J connectivity index is 1.37. The zero-order valence-electron chi connectivity index (χ0n) is 14.6. The second-order valence-electron chi connectivity index (χ2n) is 7.03. The van der Waals surface area contributed by atoms with Gasteiger partial charge in [0.15, 0.2) is 0 Å². The van der Waals surface area contributed by atoms with E-state index in [0.717, 1.165) is 56.9 Å². The third kappa shape index (κ3) is 3.44. The predicted molar refractivity (Wildman–Crippen MR) is 93.9 cm³/mol. The number of nitrogens with zero attached hydrogens (tertiary/aromatic N) is 4. The highest BCUT2D eigenvalue weighted by molar-refractivity contribution is 5.73. The monoisotopic (exact) mass is 340 g/mol. The molecule has 2 aliphatic heterocycles. The number of carbonyl (C=O) groups excluding carboxylic acids is 1. The van der Waals surface area contributed by atoms with Crippen LogP contribution in [-0.4, -0.2) is 58.1 Å². The van der Waals surface area contributed by atoms with Crippen molar-refractivity contribution in [3.63, 3.8) is 0 Å². The standard InChI is InChI=1S/C19H24N4O2/c1-14(24)22-11-8-17(9-12-22)23-10-7-16(13-23)19-21-20-18(25-19)15-5-3-2-4-6-15/h2-6,16-17H,7-13H2,1H3/t16-/m0/s1. The Hall–Kier alpha value is -2.21. The lowest BCUT2D eigenvalue weighted by Crippen LogP contribution is -2.45. The number of aromatic nitrogens is 2. The molecule has 1 amide bonds. The molecule has 0 N–H and O–H groups in total. The van der Waals surface area contributed by atoms with Gasteiger partial charge >= 0.3 is 0 Å². The van der Waals surface area contributed by atoms with Gasteiger partial charge in [0.2, 0.25) is 17.7 Å². The molecule has 1 aromatic heterocycles. The third-order valence-electron chi connectivity index (χ3n) is 5.46. The van der Waals surface area contributed by atoms with Gasteiger partial charge in [-0.3, -0.25) is 9.69 Å². The lowest BCUT2D eigenvalue weighted by atomic mass is 10.0. The quantitative estimate of drug-likeness (QED) is 0.859. The van der Waals surface area contributed by atoms with Crippen LogP contribution in [0, 0.1) is 0 Å². The number of carbonyl (C=O) groups is 1. The molecule has 25 heavy (non-hydrogen) atoms. The van der Waals surface area contributed by atoms with Crippen molar-refractivity contribution in [3.8, 4) is 11.5 Å². The molecule has 0 spiro atoms. The molecule has 3 heterocycles. The van der Waals surface area contributed by atoms with E-state index in [9.17, 15) is 4.79 Å². The first-order valence-corrected chi connectivity index (χ1v) is 9.09. The maximum atomic E-state index is 11.5. The van der Waals surface area contributed by atoms with Gasteiger partial charge in [0.25, 0.3) is 0 Å². The molecule has 132 valence electrons. The van der Waals surface area contributed by atoms with Gasteiger partial charge in [0.1, 0.15) is 0 Å². The number of hydrogen-bond acceptors (Lipinski definition) is 5. The fourth-order valence-corrected chi connectivity index (χ4v) is 3.96.